The second-order valence-electron chi connectivity index (χ2n) is 10.4. The van der Waals surface area contributed by atoms with Gasteiger partial charge in [0.1, 0.15) is 5.82 Å². The predicted octanol–water partition coefficient (Wildman–Crippen LogP) is 4.67. The first-order chi connectivity index (χ1) is 18.0. The van der Waals surface area contributed by atoms with Gasteiger partial charge in [0.05, 0.1) is 6.10 Å². The Labute approximate surface area is 225 Å². The predicted molar refractivity (Wildman–Crippen MR) is 151 cm³/mol. The standard InChI is InChI=1S/C30H38ClN5O/c1-23-28(20-24-10-12-26(31)13-11-24)30(33-29(32-23)25-8-4-2-5-9-25)36-18-16-35(17-19-36)22-27(37)21-34-14-6-3-7-15-34/h2,4-5,8-13,27,37H,3,6-7,14-22H2,1H3/t27-/m0/s1. The van der Waals surface area contributed by atoms with Crippen molar-refractivity contribution in [2.24, 2.45) is 0 Å². The molecule has 0 saturated carbocycles. The van der Waals surface area contributed by atoms with Gasteiger partial charge in [-0.2, -0.15) is 0 Å². The summed E-state index contributed by atoms with van der Waals surface area (Å²) in [5.74, 6) is 1.79. The van der Waals surface area contributed by atoms with E-state index in [-0.39, 0.29) is 6.10 Å². The molecule has 0 amide bonds. The first kappa shape index (κ1) is 26.1. The first-order valence-corrected chi connectivity index (χ1v) is 14.0. The van der Waals surface area contributed by atoms with Gasteiger partial charge in [0.25, 0.3) is 0 Å². The molecule has 5 rings (SSSR count). The summed E-state index contributed by atoms with van der Waals surface area (Å²) in [5.41, 5.74) is 4.41. The fraction of sp³-hybridized carbons (Fsp3) is 0.467. The van der Waals surface area contributed by atoms with Crippen LogP contribution >= 0.6 is 11.6 Å². The molecule has 3 heterocycles. The minimum Gasteiger partial charge on any atom is -0.390 e. The van der Waals surface area contributed by atoms with E-state index in [1.165, 1.54) is 30.4 Å². The summed E-state index contributed by atoms with van der Waals surface area (Å²) in [7, 11) is 0. The Hall–Kier alpha value is -2.51. The highest BCUT2D eigenvalue weighted by Crippen LogP contribution is 2.28. The topological polar surface area (TPSA) is 55.7 Å². The van der Waals surface area contributed by atoms with Crippen LogP contribution in [0.2, 0.25) is 5.02 Å². The van der Waals surface area contributed by atoms with Crippen LogP contribution < -0.4 is 4.90 Å². The maximum Gasteiger partial charge on any atom is 0.161 e. The van der Waals surface area contributed by atoms with Gasteiger partial charge < -0.3 is 14.9 Å². The molecular weight excluding hydrogens is 482 g/mol. The second-order valence-corrected chi connectivity index (χ2v) is 10.8. The van der Waals surface area contributed by atoms with Gasteiger partial charge in [-0.3, -0.25) is 4.90 Å². The molecular formula is C30H38ClN5O. The molecule has 0 aliphatic carbocycles. The fourth-order valence-electron chi connectivity index (χ4n) is 5.51. The van der Waals surface area contributed by atoms with Crippen molar-refractivity contribution in [3.8, 4) is 11.4 Å². The third kappa shape index (κ3) is 6.88. The normalized spacial score (nSPS) is 18.2. The van der Waals surface area contributed by atoms with Crippen LogP contribution in [0.4, 0.5) is 5.82 Å². The van der Waals surface area contributed by atoms with E-state index in [2.05, 4.69) is 45.9 Å². The molecule has 7 heteroatoms. The molecule has 196 valence electrons. The number of aryl methyl sites for hydroxylation is 1. The van der Waals surface area contributed by atoms with Crippen molar-refractivity contribution in [1.82, 2.24) is 19.8 Å². The van der Waals surface area contributed by atoms with Crippen molar-refractivity contribution in [1.29, 1.82) is 0 Å². The zero-order valence-corrected chi connectivity index (χ0v) is 22.6. The van der Waals surface area contributed by atoms with Crippen molar-refractivity contribution in [2.45, 2.75) is 38.7 Å². The van der Waals surface area contributed by atoms with E-state index in [1.54, 1.807) is 0 Å². The van der Waals surface area contributed by atoms with Gasteiger partial charge in [0.2, 0.25) is 0 Å². The van der Waals surface area contributed by atoms with Gasteiger partial charge >= 0.3 is 0 Å². The first-order valence-electron chi connectivity index (χ1n) is 13.6. The summed E-state index contributed by atoms with van der Waals surface area (Å²) in [6.45, 7) is 9.47. The third-order valence-electron chi connectivity index (χ3n) is 7.58. The van der Waals surface area contributed by atoms with Crippen LogP contribution in [-0.4, -0.2) is 83.3 Å². The number of hydrogen-bond donors (Lipinski definition) is 1. The van der Waals surface area contributed by atoms with Crippen LogP contribution in [0.1, 0.15) is 36.1 Å². The molecule has 1 aromatic heterocycles. The average molecular weight is 520 g/mol. The highest BCUT2D eigenvalue weighted by molar-refractivity contribution is 6.30. The maximum atomic E-state index is 10.7. The number of rotatable bonds is 8. The number of aliphatic hydroxyl groups is 1. The summed E-state index contributed by atoms with van der Waals surface area (Å²) >= 11 is 6.13. The number of anilines is 1. The zero-order chi connectivity index (χ0) is 25.6. The molecule has 0 bridgehead atoms. The zero-order valence-electron chi connectivity index (χ0n) is 21.8. The Morgan fingerprint density at radius 3 is 2.14 bits per heavy atom. The minimum atomic E-state index is -0.295. The smallest absolute Gasteiger partial charge is 0.161 e. The third-order valence-corrected chi connectivity index (χ3v) is 7.83. The van der Waals surface area contributed by atoms with Gasteiger partial charge in [-0.1, -0.05) is 60.5 Å². The van der Waals surface area contributed by atoms with Gasteiger partial charge in [-0.05, 0) is 50.6 Å². The Balaban J connectivity index is 1.31. The van der Waals surface area contributed by atoms with Crippen LogP contribution in [-0.2, 0) is 6.42 Å². The Bertz CT molecular complexity index is 1140. The Morgan fingerprint density at radius 1 is 0.811 bits per heavy atom. The van der Waals surface area contributed by atoms with Crippen LogP contribution in [0.3, 0.4) is 0 Å². The van der Waals surface area contributed by atoms with E-state index >= 15 is 0 Å². The number of hydrogen-bond acceptors (Lipinski definition) is 6. The molecule has 2 aromatic carbocycles. The molecule has 2 aliphatic heterocycles. The Kier molecular flexibility index (Phi) is 8.72. The number of aliphatic hydroxyl groups excluding tert-OH is 1. The summed E-state index contributed by atoms with van der Waals surface area (Å²) in [6, 6.07) is 18.3. The maximum absolute atomic E-state index is 10.7. The molecule has 0 unspecified atom stereocenters. The van der Waals surface area contributed by atoms with Crippen LogP contribution in [0.5, 0.6) is 0 Å². The van der Waals surface area contributed by atoms with E-state index in [1.807, 2.05) is 30.3 Å². The molecule has 0 radical (unpaired) electrons. The van der Waals surface area contributed by atoms with Gasteiger partial charge in [-0.15, -0.1) is 0 Å². The lowest BCUT2D eigenvalue weighted by Gasteiger charge is -2.38. The van der Waals surface area contributed by atoms with Crippen molar-refractivity contribution in [2.75, 3.05) is 57.3 Å². The molecule has 1 atom stereocenters. The monoisotopic (exact) mass is 519 g/mol. The van der Waals surface area contributed by atoms with E-state index in [9.17, 15) is 5.11 Å². The number of halogens is 1. The van der Waals surface area contributed by atoms with Crippen LogP contribution in [0.25, 0.3) is 11.4 Å². The molecule has 2 fully saturated rings. The molecule has 1 N–H and O–H groups in total. The van der Waals surface area contributed by atoms with Crippen molar-refractivity contribution in [3.05, 3.63) is 76.4 Å². The quantitative estimate of drug-likeness (QED) is 0.467. The van der Waals surface area contributed by atoms with E-state index < -0.39 is 0 Å². The number of β-amino-alcohol motifs (C(OH)–C–C–N with tert-alkyl or cyclic N) is 1. The van der Waals surface area contributed by atoms with Crippen molar-refractivity contribution in [3.63, 3.8) is 0 Å². The minimum absolute atomic E-state index is 0.295. The average Bonchev–Trinajstić information content (AvgIpc) is 2.92. The number of piperidine rings is 1. The van der Waals surface area contributed by atoms with E-state index in [0.717, 1.165) is 86.7 Å². The van der Waals surface area contributed by atoms with Crippen molar-refractivity contribution >= 4 is 17.4 Å². The van der Waals surface area contributed by atoms with Crippen LogP contribution in [0.15, 0.2) is 54.6 Å². The number of likely N-dealkylation sites (tertiary alicyclic amines) is 1. The molecule has 37 heavy (non-hydrogen) atoms. The molecule has 2 saturated heterocycles. The second kappa shape index (κ2) is 12.4. The molecule has 6 nitrogen and oxygen atoms in total. The van der Waals surface area contributed by atoms with Gasteiger partial charge in [0.15, 0.2) is 5.82 Å². The highest BCUT2D eigenvalue weighted by Gasteiger charge is 2.25. The number of aromatic nitrogens is 2. The lowest BCUT2D eigenvalue weighted by molar-refractivity contribution is 0.0651. The summed E-state index contributed by atoms with van der Waals surface area (Å²) in [6.07, 6.45) is 4.31. The summed E-state index contributed by atoms with van der Waals surface area (Å²) in [5, 5.41) is 11.5. The number of nitrogens with zero attached hydrogens (tertiary/aromatic N) is 5. The highest BCUT2D eigenvalue weighted by atomic mass is 35.5. The molecule has 2 aliphatic rings. The molecule has 0 spiro atoms. The largest absolute Gasteiger partial charge is 0.390 e. The van der Waals surface area contributed by atoms with Gasteiger partial charge in [0, 0.05) is 67.5 Å². The lowest BCUT2D eigenvalue weighted by Crippen LogP contribution is -2.50. The molecule has 3 aromatic rings. The van der Waals surface area contributed by atoms with E-state index in [4.69, 9.17) is 21.6 Å². The lowest BCUT2D eigenvalue weighted by atomic mass is 10.0. The van der Waals surface area contributed by atoms with Gasteiger partial charge in [-0.25, -0.2) is 9.97 Å². The fourth-order valence-corrected chi connectivity index (χ4v) is 5.64. The number of benzene rings is 2. The Morgan fingerprint density at radius 2 is 1.46 bits per heavy atom. The summed E-state index contributed by atoms with van der Waals surface area (Å²) < 4.78 is 0. The van der Waals surface area contributed by atoms with Crippen LogP contribution in [0, 0.1) is 6.92 Å². The van der Waals surface area contributed by atoms with E-state index in [0.29, 0.717) is 0 Å². The van der Waals surface area contributed by atoms with Crippen molar-refractivity contribution < 1.29 is 5.11 Å². The number of piperazine rings is 1. The SMILES string of the molecule is Cc1nc(-c2ccccc2)nc(N2CCN(C[C@@H](O)CN3CCCCC3)CC2)c1Cc1ccc(Cl)cc1. The summed E-state index contributed by atoms with van der Waals surface area (Å²) in [4.78, 5) is 17.2.